The topological polar surface area (TPSA) is 52.6 Å². The Morgan fingerprint density at radius 3 is 1.56 bits per heavy atom. The molecule has 4 unspecified atom stereocenters. The van der Waals surface area contributed by atoms with Gasteiger partial charge < -0.3 is 9.47 Å². The van der Waals surface area contributed by atoms with Gasteiger partial charge in [0.15, 0.2) is 0 Å². The molecule has 2 rings (SSSR count). The van der Waals surface area contributed by atoms with Crippen LogP contribution in [-0.4, -0.2) is 25.2 Å². The molecule has 0 amide bonds. The number of fused-ring (bicyclic) bond motifs is 2. The maximum atomic E-state index is 12.9. The van der Waals surface area contributed by atoms with Crippen molar-refractivity contribution in [2.45, 2.75) is 72.6 Å². The molecule has 2 aliphatic rings. The van der Waals surface area contributed by atoms with Crippen molar-refractivity contribution >= 4 is 11.9 Å². The van der Waals surface area contributed by atoms with Crippen LogP contribution in [0.4, 0.5) is 0 Å². The van der Waals surface area contributed by atoms with Crippen LogP contribution in [0.2, 0.25) is 0 Å². The Morgan fingerprint density at radius 1 is 0.840 bits per heavy atom. The third-order valence-electron chi connectivity index (χ3n) is 6.29. The van der Waals surface area contributed by atoms with E-state index >= 15 is 0 Å². The lowest BCUT2D eigenvalue weighted by atomic mass is 9.69. The number of esters is 2. The van der Waals surface area contributed by atoms with Crippen molar-refractivity contribution in [2.75, 3.05) is 13.2 Å². The Balaban J connectivity index is 2.26. The number of hydrogen-bond acceptors (Lipinski definition) is 4. The van der Waals surface area contributed by atoms with Gasteiger partial charge in [0.05, 0.1) is 25.0 Å². The minimum Gasteiger partial charge on any atom is -0.465 e. The summed E-state index contributed by atoms with van der Waals surface area (Å²) in [4.78, 5) is 25.8. The van der Waals surface area contributed by atoms with Crippen molar-refractivity contribution in [3.05, 3.63) is 12.2 Å². The standard InChI is InChI=1S/C21H34O4/c1-5-9-13-24-18(22)16-17(19(23)25-14-10-6-2)21(8-4)12-11-20(16,7-3)15-21/h11-12,16-17H,5-10,13-15H2,1-4H3. The zero-order valence-electron chi connectivity index (χ0n) is 16.3. The molecule has 0 spiro atoms. The summed E-state index contributed by atoms with van der Waals surface area (Å²) < 4.78 is 11.1. The summed E-state index contributed by atoms with van der Waals surface area (Å²) in [5, 5.41) is 0. The van der Waals surface area contributed by atoms with Crippen molar-refractivity contribution in [2.24, 2.45) is 22.7 Å². The monoisotopic (exact) mass is 350 g/mol. The molecular formula is C21H34O4. The fraction of sp³-hybridized carbons (Fsp3) is 0.810. The largest absolute Gasteiger partial charge is 0.465 e. The van der Waals surface area contributed by atoms with E-state index in [0.29, 0.717) is 13.2 Å². The normalized spacial score (nSPS) is 32.8. The van der Waals surface area contributed by atoms with Gasteiger partial charge in [-0.15, -0.1) is 0 Å². The van der Waals surface area contributed by atoms with Gasteiger partial charge in [-0.05, 0) is 32.1 Å². The smallest absolute Gasteiger partial charge is 0.310 e. The summed E-state index contributed by atoms with van der Waals surface area (Å²) in [5.41, 5.74) is -0.512. The average Bonchev–Trinajstić information content (AvgIpc) is 3.14. The van der Waals surface area contributed by atoms with E-state index in [0.717, 1.165) is 44.9 Å². The van der Waals surface area contributed by atoms with Crippen molar-refractivity contribution in [1.82, 2.24) is 0 Å². The Bertz CT molecular complexity index is 468. The second kappa shape index (κ2) is 8.37. The molecule has 0 aliphatic heterocycles. The van der Waals surface area contributed by atoms with E-state index in [2.05, 4.69) is 39.8 Å². The third kappa shape index (κ3) is 3.63. The van der Waals surface area contributed by atoms with Gasteiger partial charge >= 0.3 is 11.9 Å². The number of carbonyl (C=O) groups excluding carboxylic acids is 2. The molecule has 0 heterocycles. The predicted octanol–water partition coefficient (Wildman–Crippen LogP) is 4.67. The number of allylic oxidation sites excluding steroid dienone is 2. The third-order valence-corrected chi connectivity index (χ3v) is 6.29. The van der Waals surface area contributed by atoms with Gasteiger partial charge in [-0.1, -0.05) is 52.7 Å². The molecule has 2 aliphatic carbocycles. The number of rotatable bonds is 10. The summed E-state index contributed by atoms with van der Waals surface area (Å²) in [6.45, 7) is 9.22. The minimum absolute atomic E-state index is 0.215. The van der Waals surface area contributed by atoms with E-state index in [4.69, 9.17) is 9.47 Å². The van der Waals surface area contributed by atoms with Gasteiger partial charge in [0.25, 0.3) is 0 Å². The Hall–Kier alpha value is -1.32. The highest BCUT2D eigenvalue weighted by Crippen LogP contribution is 2.66. The highest BCUT2D eigenvalue weighted by molar-refractivity contribution is 5.86. The molecule has 0 aromatic carbocycles. The van der Waals surface area contributed by atoms with E-state index in [-0.39, 0.29) is 22.8 Å². The maximum absolute atomic E-state index is 12.9. The molecule has 0 saturated heterocycles. The molecule has 1 saturated carbocycles. The van der Waals surface area contributed by atoms with Crippen LogP contribution in [0.25, 0.3) is 0 Å². The average molecular weight is 350 g/mol. The Labute approximate surface area is 152 Å². The Morgan fingerprint density at radius 2 is 1.24 bits per heavy atom. The number of carbonyl (C=O) groups is 2. The van der Waals surface area contributed by atoms with Crippen LogP contribution in [0.15, 0.2) is 12.2 Å². The predicted molar refractivity (Wildman–Crippen MR) is 97.9 cm³/mol. The summed E-state index contributed by atoms with van der Waals surface area (Å²) in [7, 11) is 0. The molecule has 142 valence electrons. The van der Waals surface area contributed by atoms with Crippen molar-refractivity contribution in [3.8, 4) is 0 Å². The van der Waals surface area contributed by atoms with Crippen LogP contribution < -0.4 is 0 Å². The van der Waals surface area contributed by atoms with Crippen LogP contribution >= 0.6 is 0 Å². The van der Waals surface area contributed by atoms with E-state index in [1.165, 1.54) is 0 Å². The van der Waals surface area contributed by atoms with Gasteiger partial charge in [-0.3, -0.25) is 9.59 Å². The van der Waals surface area contributed by atoms with Gasteiger partial charge in [0.1, 0.15) is 0 Å². The van der Waals surface area contributed by atoms with E-state index in [9.17, 15) is 9.59 Å². The first-order valence-corrected chi connectivity index (χ1v) is 10.0. The molecule has 0 aromatic rings. The lowest BCUT2D eigenvalue weighted by Gasteiger charge is -2.35. The van der Waals surface area contributed by atoms with E-state index < -0.39 is 11.8 Å². The zero-order valence-corrected chi connectivity index (χ0v) is 16.3. The Kier molecular flexibility index (Phi) is 6.70. The van der Waals surface area contributed by atoms with Crippen LogP contribution in [0, 0.1) is 22.7 Å². The van der Waals surface area contributed by atoms with Crippen molar-refractivity contribution < 1.29 is 19.1 Å². The molecular weight excluding hydrogens is 316 g/mol. The number of hydrogen-bond donors (Lipinski definition) is 0. The summed E-state index contributed by atoms with van der Waals surface area (Å²) in [6, 6.07) is 0. The molecule has 2 bridgehead atoms. The van der Waals surface area contributed by atoms with Crippen LogP contribution in [-0.2, 0) is 19.1 Å². The van der Waals surface area contributed by atoms with Gasteiger partial charge in [0.2, 0.25) is 0 Å². The van der Waals surface area contributed by atoms with E-state index in [1.807, 2.05) is 0 Å². The molecule has 0 aromatic heterocycles. The highest BCUT2D eigenvalue weighted by atomic mass is 16.5. The van der Waals surface area contributed by atoms with Crippen molar-refractivity contribution in [1.29, 1.82) is 0 Å². The van der Waals surface area contributed by atoms with Crippen LogP contribution in [0.3, 0.4) is 0 Å². The number of unbranched alkanes of at least 4 members (excludes halogenated alkanes) is 2. The van der Waals surface area contributed by atoms with Gasteiger partial charge in [-0.25, -0.2) is 0 Å². The fourth-order valence-electron chi connectivity index (χ4n) is 4.63. The SMILES string of the molecule is CCCCOC(=O)C1C(C(=O)OCCCC)C2(CC)C=CC1(CC)C2. The van der Waals surface area contributed by atoms with E-state index in [1.54, 1.807) is 0 Å². The zero-order chi connectivity index (χ0) is 18.5. The lowest BCUT2D eigenvalue weighted by Crippen LogP contribution is -2.43. The molecule has 4 nitrogen and oxygen atoms in total. The minimum atomic E-state index is -0.409. The second-order valence-electron chi connectivity index (χ2n) is 7.68. The quantitative estimate of drug-likeness (QED) is 0.326. The van der Waals surface area contributed by atoms with Crippen LogP contribution in [0.1, 0.15) is 72.6 Å². The first kappa shape index (κ1) is 20.0. The van der Waals surface area contributed by atoms with Crippen molar-refractivity contribution in [3.63, 3.8) is 0 Å². The molecule has 0 N–H and O–H groups in total. The first-order valence-electron chi connectivity index (χ1n) is 10.0. The summed E-state index contributed by atoms with van der Waals surface area (Å²) in [5.74, 6) is -1.25. The summed E-state index contributed by atoms with van der Waals surface area (Å²) >= 11 is 0. The maximum Gasteiger partial charge on any atom is 0.310 e. The fourth-order valence-corrected chi connectivity index (χ4v) is 4.63. The van der Waals surface area contributed by atoms with Gasteiger partial charge in [0, 0.05) is 10.8 Å². The molecule has 0 radical (unpaired) electrons. The van der Waals surface area contributed by atoms with Crippen LogP contribution in [0.5, 0.6) is 0 Å². The highest BCUT2D eigenvalue weighted by Gasteiger charge is 2.66. The number of ether oxygens (including phenoxy) is 2. The first-order chi connectivity index (χ1) is 12.0. The molecule has 25 heavy (non-hydrogen) atoms. The van der Waals surface area contributed by atoms with Gasteiger partial charge in [-0.2, -0.15) is 0 Å². The molecule has 4 heteroatoms. The lowest BCUT2D eigenvalue weighted by molar-refractivity contribution is -0.165. The summed E-state index contributed by atoms with van der Waals surface area (Å²) in [6.07, 6.45) is 10.6. The molecule has 1 fully saturated rings. The molecule has 4 atom stereocenters. The second-order valence-corrected chi connectivity index (χ2v) is 7.68.